The molecule has 0 fully saturated rings. The van der Waals surface area contributed by atoms with Gasteiger partial charge in [-0.05, 0) is 30.8 Å². The van der Waals surface area contributed by atoms with Gasteiger partial charge in [-0.15, -0.1) is 0 Å². The van der Waals surface area contributed by atoms with Gasteiger partial charge in [-0.2, -0.15) is 0 Å². The summed E-state index contributed by atoms with van der Waals surface area (Å²) in [6.07, 6.45) is 0. The number of methoxy groups -OCH3 is 1. The van der Waals surface area contributed by atoms with Crippen LogP contribution in [0.2, 0.25) is 0 Å². The second-order valence-electron chi connectivity index (χ2n) is 5.56. The summed E-state index contributed by atoms with van der Waals surface area (Å²) >= 11 is 0. The standard InChI is InChI=1S/C18H22N2O5/c1-19(18(13-21)14-6-8-16(24-2)9-7-14)10-11-25-17-5-3-4-15(12-17)20(22)23/h3-9,12,18,21H,10-11,13H2,1-2H3. The summed E-state index contributed by atoms with van der Waals surface area (Å²) in [5, 5.41) is 20.5. The molecular formula is C18H22N2O5. The molecule has 1 N–H and O–H groups in total. The van der Waals surface area contributed by atoms with Crippen molar-refractivity contribution in [3.63, 3.8) is 0 Å². The molecule has 0 saturated heterocycles. The van der Waals surface area contributed by atoms with Gasteiger partial charge in [0.05, 0.1) is 30.7 Å². The Labute approximate surface area is 146 Å². The molecule has 2 aromatic rings. The number of nitro groups is 1. The van der Waals surface area contributed by atoms with Gasteiger partial charge in [-0.25, -0.2) is 0 Å². The maximum absolute atomic E-state index is 10.8. The summed E-state index contributed by atoms with van der Waals surface area (Å²) in [6, 6.07) is 13.5. The average molecular weight is 346 g/mol. The average Bonchev–Trinajstić information content (AvgIpc) is 2.63. The number of ether oxygens (including phenoxy) is 2. The van der Waals surface area contributed by atoms with E-state index in [1.807, 2.05) is 36.2 Å². The summed E-state index contributed by atoms with van der Waals surface area (Å²) < 4.78 is 10.7. The van der Waals surface area contributed by atoms with E-state index < -0.39 is 4.92 Å². The summed E-state index contributed by atoms with van der Waals surface area (Å²) in [7, 11) is 3.50. The monoisotopic (exact) mass is 346 g/mol. The SMILES string of the molecule is COc1ccc(C(CO)N(C)CCOc2cccc([N+](=O)[O-])c2)cc1. The Balaban J connectivity index is 1.92. The van der Waals surface area contributed by atoms with E-state index in [1.54, 1.807) is 19.2 Å². The summed E-state index contributed by atoms with van der Waals surface area (Å²) in [6.45, 7) is 0.879. The van der Waals surface area contributed by atoms with Crippen LogP contribution in [0.4, 0.5) is 5.69 Å². The second kappa shape index (κ2) is 9.00. The van der Waals surface area contributed by atoms with Crippen LogP contribution in [0.3, 0.4) is 0 Å². The lowest BCUT2D eigenvalue weighted by Crippen LogP contribution is -2.31. The van der Waals surface area contributed by atoms with E-state index in [9.17, 15) is 15.2 Å². The lowest BCUT2D eigenvalue weighted by Gasteiger charge is -2.26. The van der Waals surface area contributed by atoms with Crippen LogP contribution in [0.25, 0.3) is 0 Å². The lowest BCUT2D eigenvalue weighted by molar-refractivity contribution is -0.384. The normalized spacial score (nSPS) is 12.0. The largest absolute Gasteiger partial charge is 0.497 e. The van der Waals surface area contributed by atoms with Crippen molar-refractivity contribution in [1.82, 2.24) is 4.90 Å². The Hall–Kier alpha value is -2.64. The van der Waals surface area contributed by atoms with E-state index in [4.69, 9.17) is 9.47 Å². The van der Waals surface area contributed by atoms with Crippen molar-refractivity contribution in [2.24, 2.45) is 0 Å². The molecule has 1 unspecified atom stereocenters. The number of aliphatic hydroxyl groups excluding tert-OH is 1. The summed E-state index contributed by atoms with van der Waals surface area (Å²) in [4.78, 5) is 12.3. The van der Waals surface area contributed by atoms with Gasteiger partial charge in [0, 0.05) is 12.6 Å². The molecule has 25 heavy (non-hydrogen) atoms. The van der Waals surface area contributed by atoms with Crippen molar-refractivity contribution in [3.8, 4) is 11.5 Å². The molecule has 134 valence electrons. The molecule has 0 bridgehead atoms. The van der Waals surface area contributed by atoms with Gasteiger partial charge in [0.1, 0.15) is 18.1 Å². The first-order valence-electron chi connectivity index (χ1n) is 7.87. The third-order valence-electron chi connectivity index (χ3n) is 3.95. The first-order valence-corrected chi connectivity index (χ1v) is 7.87. The van der Waals surface area contributed by atoms with Crippen LogP contribution in [-0.2, 0) is 0 Å². The van der Waals surface area contributed by atoms with E-state index in [0.717, 1.165) is 11.3 Å². The highest BCUT2D eigenvalue weighted by molar-refractivity contribution is 5.37. The molecule has 0 heterocycles. The quantitative estimate of drug-likeness (QED) is 0.555. The number of non-ortho nitro benzene ring substituents is 1. The maximum atomic E-state index is 10.8. The predicted molar refractivity (Wildman–Crippen MR) is 94.0 cm³/mol. The number of rotatable bonds is 9. The summed E-state index contributed by atoms with van der Waals surface area (Å²) in [5.41, 5.74) is 0.971. The molecule has 0 saturated carbocycles. The van der Waals surface area contributed by atoms with Crippen molar-refractivity contribution in [2.75, 3.05) is 33.9 Å². The zero-order valence-corrected chi connectivity index (χ0v) is 14.3. The molecular weight excluding hydrogens is 324 g/mol. The predicted octanol–water partition coefficient (Wildman–Crippen LogP) is 2.65. The van der Waals surface area contributed by atoms with E-state index in [0.29, 0.717) is 18.9 Å². The fourth-order valence-electron chi connectivity index (χ4n) is 2.48. The van der Waals surface area contributed by atoms with Crippen LogP contribution in [0.5, 0.6) is 11.5 Å². The first kappa shape index (κ1) is 18.7. The van der Waals surface area contributed by atoms with Crippen LogP contribution >= 0.6 is 0 Å². The van der Waals surface area contributed by atoms with Gasteiger partial charge in [0.25, 0.3) is 5.69 Å². The van der Waals surface area contributed by atoms with E-state index >= 15 is 0 Å². The minimum Gasteiger partial charge on any atom is -0.497 e. The van der Waals surface area contributed by atoms with E-state index in [1.165, 1.54) is 12.1 Å². The Morgan fingerprint density at radius 1 is 1.20 bits per heavy atom. The third-order valence-corrected chi connectivity index (χ3v) is 3.95. The minimum atomic E-state index is -0.454. The molecule has 0 amide bonds. The molecule has 7 heteroatoms. The zero-order valence-electron chi connectivity index (χ0n) is 14.3. The molecule has 1 atom stereocenters. The molecule has 0 aliphatic carbocycles. The highest BCUT2D eigenvalue weighted by Gasteiger charge is 2.16. The Kier molecular flexibility index (Phi) is 6.73. The Bertz CT molecular complexity index is 690. The van der Waals surface area contributed by atoms with Gasteiger partial charge in [-0.3, -0.25) is 15.0 Å². The number of hydrogen-bond donors (Lipinski definition) is 1. The number of benzene rings is 2. The van der Waals surface area contributed by atoms with Crippen molar-refractivity contribution in [1.29, 1.82) is 0 Å². The molecule has 2 rings (SSSR count). The van der Waals surface area contributed by atoms with Gasteiger partial charge in [0.2, 0.25) is 0 Å². The molecule has 0 aliphatic rings. The van der Waals surface area contributed by atoms with Gasteiger partial charge in [0.15, 0.2) is 0 Å². The molecule has 0 aromatic heterocycles. The lowest BCUT2D eigenvalue weighted by atomic mass is 10.1. The fourth-order valence-corrected chi connectivity index (χ4v) is 2.48. The van der Waals surface area contributed by atoms with Crippen LogP contribution < -0.4 is 9.47 Å². The van der Waals surface area contributed by atoms with Crippen LogP contribution in [0.15, 0.2) is 48.5 Å². The van der Waals surface area contributed by atoms with Gasteiger partial charge < -0.3 is 14.6 Å². The van der Waals surface area contributed by atoms with Crippen molar-refractivity contribution >= 4 is 5.69 Å². The minimum absolute atomic E-state index is 0.00248. The van der Waals surface area contributed by atoms with Crippen molar-refractivity contribution in [3.05, 3.63) is 64.2 Å². The number of likely N-dealkylation sites (N-methyl/N-ethyl adjacent to an activating group) is 1. The maximum Gasteiger partial charge on any atom is 0.273 e. The second-order valence-corrected chi connectivity index (χ2v) is 5.56. The Morgan fingerprint density at radius 3 is 2.52 bits per heavy atom. The molecule has 0 aliphatic heterocycles. The van der Waals surface area contributed by atoms with E-state index in [2.05, 4.69) is 0 Å². The Morgan fingerprint density at radius 2 is 1.92 bits per heavy atom. The topological polar surface area (TPSA) is 85.1 Å². The van der Waals surface area contributed by atoms with Crippen LogP contribution in [0, 0.1) is 10.1 Å². The van der Waals surface area contributed by atoms with Crippen LogP contribution in [0.1, 0.15) is 11.6 Å². The highest BCUT2D eigenvalue weighted by Crippen LogP contribution is 2.22. The molecule has 2 aromatic carbocycles. The van der Waals surface area contributed by atoms with Gasteiger partial charge in [-0.1, -0.05) is 18.2 Å². The van der Waals surface area contributed by atoms with Crippen molar-refractivity contribution in [2.45, 2.75) is 6.04 Å². The van der Waals surface area contributed by atoms with Gasteiger partial charge >= 0.3 is 0 Å². The molecule has 0 radical (unpaired) electrons. The first-order chi connectivity index (χ1) is 12.0. The van der Waals surface area contributed by atoms with Crippen molar-refractivity contribution < 1.29 is 19.5 Å². The third kappa shape index (κ3) is 5.17. The smallest absolute Gasteiger partial charge is 0.273 e. The number of nitro benzene ring substituents is 1. The number of aliphatic hydroxyl groups is 1. The van der Waals surface area contributed by atoms with E-state index in [-0.39, 0.29) is 18.3 Å². The highest BCUT2D eigenvalue weighted by atomic mass is 16.6. The number of hydrogen-bond acceptors (Lipinski definition) is 6. The number of nitrogens with zero attached hydrogens (tertiary/aromatic N) is 2. The molecule has 7 nitrogen and oxygen atoms in total. The zero-order chi connectivity index (χ0) is 18.2. The summed E-state index contributed by atoms with van der Waals surface area (Å²) in [5.74, 6) is 1.21. The fraction of sp³-hybridized carbons (Fsp3) is 0.333. The molecule has 0 spiro atoms. The van der Waals surface area contributed by atoms with Crippen LogP contribution in [-0.4, -0.2) is 48.8 Å².